The molecule has 0 aliphatic rings. The maximum absolute atomic E-state index is 11.9. The fourth-order valence-corrected chi connectivity index (χ4v) is 2.19. The first-order valence-corrected chi connectivity index (χ1v) is 6.56. The van der Waals surface area contributed by atoms with Gasteiger partial charge in [-0.3, -0.25) is 19.7 Å². The summed E-state index contributed by atoms with van der Waals surface area (Å²) in [6.07, 6.45) is 0. The van der Waals surface area contributed by atoms with Crippen LogP contribution in [-0.4, -0.2) is 42.2 Å². The number of ether oxygens (including phenoxy) is 2. The van der Waals surface area contributed by atoms with Crippen LogP contribution in [0.1, 0.15) is 18.4 Å². The van der Waals surface area contributed by atoms with Gasteiger partial charge in [0, 0.05) is 10.5 Å². The highest BCUT2D eigenvalue weighted by atomic mass is 16.6. The molecule has 0 heterocycles. The van der Waals surface area contributed by atoms with Crippen molar-refractivity contribution in [2.45, 2.75) is 12.8 Å². The second kappa shape index (κ2) is 7.96. The molecular formula is C14H17NO7. The fourth-order valence-electron chi connectivity index (χ4n) is 2.19. The van der Waals surface area contributed by atoms with Crippen LogP contribution in [0.25, 0.3) is 0 Å². The van der Waals surface area contributed by atoms with Gasteiger partial charge in [-0.15, -0.1) is 0 Å². The molecule has 22 heavy (non-hydrogen) atoms. The number of nitro groups is 1. The smallest absolute Gasteiger partial charge is 0.321 e. The number of carboxylic acid groups (broad SMARTS) is 1. The number of para-hydroxylation sites is 1. The molecule has 2 unspecified atom stereocenters. The van der Waals surface area contributed by atoms with E-state index in [2.05, 4.69) is 0 Å². The van der Waals surface area contributed by atoms with Crippen LogP contribution in [0.2, 0.25) is 0 Å². The van der Waals surface area contributed by atoms with Crippen LogP contribution in [0.4, 0.5) is 0 Å². The minimum Gasteiger partial charge on any atom is -0.496 e. The summed E-state index contributed by atoms with van der Waals surface area (Å²) < 4.78 is 9.85. The average molecular weight is 311 g/mol. The second-order valence-corrected chi connectivity index (χ2v) is 4.43. The number of aliphatic carboxylic acids is 1. The number of esters is 1. The Morgan fingerprint density at radius 1 is 1.36 bits per heavy atom. The Morgan fingerprint density at radius 3 is 2.50 bits per heavy atom. The van der Waals surface area contributed by atoms with Crippen molar-refractivity contribution in [3.63, 3.8) is 0 Å². The number of carbonyl (C=O) groups is 2. The molecule has 120 valence electrons. The van der Waals surface area contributed by atoms with Crippen LogP contribution >= 0.6 is 0 Å². The van der Waals surface area contributed by atoms with Gasteiger partial charge in [0.15, 0.2) is 5.92 Å². The molecule has 1 rings (SSSR count). The normalized spacial score (nSPS) is 13.0. The number of methoxy groups -OCH3 is 1. The Bertz CT molecular complexity index is 558. The molecule has 1 aromatic carbocycles. The predicted octanol–water partition coefficient (Wildman–Crippen LogP) is 1.32. The van der Waals surface area contributed by atoms with E-state index < -0.39 is 35.2 Å². The van der Waals surface area contributed by atoms with Gasteiger partial charge in [0.1, 0.15) is 5.75 Å². The van der Waals surface area contributed by atoms with E-state index in [4.69, 9.17) is 9.47 Å². The third-order valence-corrected chi connectivity index (χ3v) is 3.09. The molecule has 0 radical (unpaired) electrons. The van der Waals surface area contributed by atoms with Crippen LogP contribution < -0.4 is 4.74 Å². The van der Waals surface area contributed by atoms with Crippen molar-refractivity contribution in [2.75, 3.05) is 20.3 Å². The Labute approximate surface area is 126 Å². The van der Waals surface area contributed by atoms with Crippen LogP contribution in [0.3, 0.4) is 0 Å². The number of carbonyl (C=O) groups excluding carboxylic acids is 1. The van der Waals surface area contributed by atoms with Crippen LogP contribution in [0, 0.1) is 16.0 Å². The molecule has 0 saturated heterocycles. The minimum atomic E-state index is -1.68. The van der Waals surface area contributed by atoms with E-state index in [9.17, 15) is 24.8 Å². The number of hydrogen-bond acceptors (Lipinski definition) is 6. The molecule has 8 heteroatoms. The standard InChI is InChI=1S/C14H17NO7/c1-3-22-14(18)12(13(16)17)10(8-15(19)20)9-6-4-5-7-11(9)21-2/h4-7,10,12H,3,8H2,1-2H3,(H,16,17). The minimum absolute atomic E-state index is 0.0142. The SMILES string of the molecule is CCOC(=O)C(C(=O)O)C(C[N+](=O)[O-])c1ccccc1OC. The molecule has 1 aromatic rings. The molecule has 0 saturated carbocycles. The summed E-state index contributed by atoms with van der Waals surface area (Å²) >= 11 is 0. The zero-order chi connectivity index (χ0) is 16.7. The zero-order valence-electron chi connectivity index (χ0n) is 12.2. The lowest BCUT2D eigenvalue weighted by Crippen LogP contribution is -2.35. The van der Waals surface area contributed by atoms with Crippen molar-refractivity contribution >= 4 is 11.9 Å². The molecule has 2 atom stereocenters. The highest BCUT2D eigenvalue weighted by molar-refractivity contribution is 5.95. The molecule has 0 amide bonds. The second-order valence-electron chi connectivity index (χ2n) is 4.43. The Hall–Kier alpha value is -2.64. The molecule has 0 fully saturated rings. The van der Waals surface area contributed by atoms with Gasteiger partial charge in [-0.2, -0.15) is 0 Å². The van der Waals surface area contributed by atoms with Gasteiger partial charge in [0.2, 0.25) is 6.54 Å². The molecular weight excluding hydrogens is 294 g/mol. The highest BCUT2D eigenvalue weighted by Gasteiger charge is 2.41. The maximum Gasteiger partial charge on any atom is 0.321 e. The molecule has 0 aromatic heterocycles. The van der Waals surface area contributed by atoms with E-state index in [1.807, 2.05) is 0 Å². The Kier molecular flexibility index (Phi) is 6.30. The maximum atomic E-state index is 11.9. The summed E-state index contributed by atoms with van der Waals surface area (Å²) in [5, 5.41) is 20.2. The first-order chi connectivity index (χ1) is 10.4. The van der Waals surface area contributed by atoms with E-state index >= 15 is 0 Å². The third kappa shape index (κ3) is 4.18. The first-order valence-electron chi connectivity index (χ1n) is 6.56. The van der Waals surface area contributed by atoms with Gasteiger partial charge < -0.3 is 14.6 Å². The van der Waals surface area contributed by atoms with Gasteiger partial charge in [0.05, 0.1) is 19.6 Å². The molecule has 1 N–H and O–H groups in total. The first kappa shape index (κ1) is 17.4. The number of nitrogens with zero attached hydrogens (tertiary/aromatic N) is 1. The predicted molar refractivity (Wildman–Crippen MR) is 75.4 cm³/mol. The summed E-state index contributed by atoms with van der Waals surface area (Å²) in [7, 11) is 1.36. The van der Waals surface area contributed by atoms with E-state index in [1.165, 1.54) is 20.1 Å². The van der Waals surface area contributed by atoms with Crippen LogP contribution in [0.5, 0.6) is 5.75 Å². The monoisotopic (exact) mass is 311 g/mol. The van der Waals surface area contributed by atoms with Gasteiger partial charge in [-0.05, 0) is 13.0 Å². The third-order valence-electron chi connectivity index (χ3n) is 3.09. The largest absolute Gasteiger partial charge is 0.496 e. The number of carboxylic acids is 1. The van der Waals surface area contributed by atoms with Crippen molar-refractivity contribution in [1.29, 1.82) is 0 Å². The van der Waals surface area contributed by atoms with Gasteiger partial charge in [0.25, 0.3) is 0 Å². The lowest BCUT2D eigenvalue weighted by molar-refractivity contribution is -0.484. The van der Waals surface area contributed by atoms with Crippen LogP contribution in [-0.2, 0) is 14.3 Å². The topological polar surface area (TPSA) is 116 Å². The lowest BCUT2D eigenvalue weighted by Gasteiger charge is -2.21. The van der Waals surface area contributed by atoms with Crippen molar-refractivity contribution < 1.29 is 29.1 Å². The van der Waals surface area contributed by atoms with Crippen molar-refractivity contribution in [2.24, 2.45) is 5.92 Å². The lowest BCUT2D eigenvalue weighted by atomic mass is 9.85. The number of hydrogen-bond donors (Lipinski definition) is 1. The van der Waals surface area contributed by atoms with E-state index in [0.29, 0.717) is 0 Å². The molecule has 0 bridgehead atoms. The van der Waals surface area contributed by atoms with Crippen molar-refractivity contribution in [1.82, 2.24) is 0 Å². The quantitative estimate of drug-likeness (QED) is 0.333. The number of rotatable bonds is 8. The summed E-state index contributed by atoms with van der Waals surface area (Å²) in [4.78, 5) is 33.6. The summed E-state index contributed by atoms with van der Waals surface area (Å²) in [6.45, 7) is 0.790. The van der Waals surface area contributed by atoms with Crippen molar-refractivity contribution in [3.05, 3.63) is 39.9 Å². The van der Waals surface area contributed by atoms with E-state index in [0.717, 1.165) is 0 Å². The summed E-state index contributed by atoms with van der Waals surface area (Å²) in [5.41, 5.74) is 0.280. The molecule has 0 aliphatic carbocycles. The van der Waals surface area contributed by atoms with E-state index in [-0.39, 0.29) is 17.9 Å². The number of benzene rings is 1. The van der Waals surface area contributed by atoms with Gasteiger partial charge in [-0.25, -0.2) is 0 Å². The van der Waals surface area contributed by atoms with Gasteiger partial charge >= 0.3 is 11.9 Å². The Balaban J connectivity index is 3.33. The molecule has 0 aliphatic heterocycles. The summed E-state index contributed by atoms with van der Waals surface area (Å²) in [5.74, 6) is -5.07. The van der Waals surface area contributed by atoms with Crippen LogP contribution in [0.15, 0.2) is 24.3 Å². The fraction of sp³-hybridized carbons (Fsp3) is 0.429. The Morgan fingerprint density at radius 2 is 2.00 bits per heavy atom. The molecule has 0 spiro atoms. The molecule has 8 nitrogen and oxygen atoms in total. The zero-order valence-corrected chi connectivity index (χ0v) is 12.2. The average Bonchev–Trinajstić information content (AvgIpc) is 2.46. The highest BCUT2D eigenvalue weighted by Crippen LogP contribution is 2.33. The van der Waals surface area contributed by atoms with Gasteiger partial charge in [-0.1, -0.05) is 18.2 Å². The van der Waals surface area contributed by atoms with Crippen molar-refractivity contribution in [3.8, 4) is 5.75 Å². The summed E-state index contributed by atoms with van der Waals surface area (Å²) in [6, 6.07) is 6.29. The van der Waals surface area contributed by atoms with E-state index in [1.54, 1.807) is 18.2 Å².